The summed E-state index contributed by atoms with van der Waals surface area (Å²) in [5.41, 5.74) is -0.245. The van der Waals surface area contributed by atoms with Crippen molar-refractivity contribution in [3.8, 4) is 0 Å². The van der Waals surface area contributed by atoms with Crippen molar-refractivity contribution in [2.45, 2.75) is 19.3 Å². The van der Waals surface area contributed by atoms with Crippen molar-refractivity contribution in [2.24, 2.45) is 11.8 Å². The average molecular weight is 331 g/mol. The number of benzene rings is 1. The van der Waals surface area contributed by atoms with Gasteiger partial charge in [-0.2, -0.15) is 0 Å². The van der Waals surface area contributed by atoms with Gasteiger partial charge >= 0.3 is 0 Å². The molecule has 1 aromatic rings. The quantitative estimate of drug-likeness (QED) is 0.509. The highest BCUT2D eigenvalue weighted by Crippen LogP contribution is 2.32. The molecule has 0 spiro atoms. The van der Waals surface area contributed by atoms with E-state index in [1.54, 1.807) is 0 Å². The van der Waals surface area contributed by atoms with E-state index < -0.39 is 10.8 Å². The zero-order valence-corrected chi connectivity index (χ0v) is 12.9. The van der Waals surface area contributed by atoms with E-state index in [-0.39, 0.29) is 16.3 Å². The number of amides is 1. The molecular formula is C14H16Cl2N2O3. The number of carbonyl (C=O) groups is 1. The van der Waals surface area contributed by atoms with Crippen LogP contribution in [0.1, 0.15) is 29.6 Å². The first-order valence-electron chi connectivity index (χ1n) is 6.81. The van der Waals surface area contributed by atoms with E-state index in [4.69, 9.17) is 23.2 Å². The third kappa shape index (κ3) is 3.86. The summed E-state index contributed by atoms with van der Waals surface area (Å²) in [7, 11) is 0. The van der Waals surface area contributed by atoms with Gasteiger partial charge in [-0.15, -0.1) is 11.6 Å². The second-order valence-electron chi connectivity index (χ2n) is 5.23. The molecule has 1 amide bonds. The highest BCUT2D eigenvalue weighted by atomic mass is 35.5. The molecule has 0 heterocycles. The van der Waals surface area contributed by atoms with Crippen LogP contribution in [0.3, 0.4) is 0 Å². The maximum absolute atomic E-state index is 12.1. The molecular weight excluding hydrogens is 315 g/mol. The fraction of sp³-hybridized carbons (Fsp3) is 0.500. The summed E-state index contributed by atoms with van der Waals surface area (Å²) in [6, 6.07) is 4.04. The lowest BCUT2D eigenvalue weighted by Gasteiger charge is -2.17. The van der Waals surface area contributed by atoms with E-state index >= 15 is 0 Å². The molecule has 0 aromatic heterocycles. The van der Waals surface area contributed by atoms with Crippen molar-refractivity contribution in [1.29, 1.82) is 0 Å². The number of rotatable bonds is 5. The summed E-state index contributed by atoms with van der Waals surface area (Å²) in [5, 5.41) is 14.0. The molecule has 1 saturated carbocycles. The summed E-state index contributed by atoms with van der Waals surface area (Å²) in [6.45, 7) is 0.496. The molecule has 1 aliphatic carbocycles. The van der Waals surface area contributed by atoms with Crippen LogP contribution in [0.4, 0.5) is 5.69 Å². The number of carbonyl (C=O) groups excluding carboxylic acids is 1. The predicted molar refractivity (Wildman–Crippen MR) is 82.0 cm³/mol. The van der Waals surface area contributed by atoms with Gasteiger partial charge < -0.3 is 5.32 Å². The Balaban J connectivity index is 2.05. The Labute approximate surface area is 132 Å². The molecule has 1 N–H and O–H groups in total. The fourth-order valence-electron chi connectivity index (χ4n) is 2.75. The summed E-state index contributed by atoms with van der Waals surface area (Å²) in [6.07, 6.45) is 3.21. The summed E-state index contributed by atoms with van der Waals surface area (Å²) in [4.78, 5) is 22.5. The van der Waals surface area contributed by atoms with Gasteiger partial charge in [0.25, 0.3) is 11.6 Å². The lowest BCUT2D eigenvalue weighted by atomic mass is 9.98. The van der Waals surface area contributed by atoms with Crippen molar-refractivity contribution in [3.05, 3.63) is 38.9 Å². The van der Waals surface area contributed by atoms with Crippen LogP contribution in [0.5, 0.6) is 0 Å². The summed E-state index contributed by atoms with van der Waals surface area (Å²) in [5.74, 6) is 0.894. The van der Waals surface area contributed by atoms with Crippen LogP contribution in [0.15, 0.2) is 18.2 Å². The van der Waals surface area contributed by atoms with E-state index in [1.165, 1.54) is 18.2 Å². The standard InChI is InChI=1S/C14H16Cl2N2O3/c15-7-9-2-1-3-10(9)8-17-14(19)12-5-4-11(16)6-13(12)18(20)21/h4-6,9-10H,1-3,7-8H2,(H,17,19). The highest BCUT2D eigenvalue weighted by Gasteiger charge is 2.27. The third-order valence-electron chi connectivity index (χ3n) is 3.94. The average Bonchev–Trinajstić information content (AvgIpc) is 2.92. The number of nitrogens with zero attached hydrogens (tertiary/aromatic N) is 1. The maximum Gasteiger partial charge on any atom is 0.283 e. The zero-order valence-electron chi connectivity index (χ0n) is 11.4. The van der Waals surface area contributed by atoms with Gasteiger partial charge in [0.15, 0.2) is 0 Å². The van der Waals surface area contributed by atoms with Crippen molar-refractivity contribution in [2.75, 3.05) is 12.4 Å². The number of alkyl halides is 1. The monoisotopic (exact) mass is 330 g/mol. The lowest BCUT2D eigenvalue weighted by molar-refractivity contribution is -0.385. The lowest BCUT2D eigenvalue weighted by Crippen LogP contribution is -2.31. The predicted octanol–water partition coefficient (Wildman–Crippen LogP) is 3.63. The number of nitrogens with one attached hydrogen (secondary N) is 1. The summed E-state index contributed by atoms with van der Waals surface area (Å²) < 4.78 is 0. The zero-order chi connectivity index (χ0) is 15.4. The molecule has 0 radical (unpaired) electrons. The number of nitro benzene ring substituents is 1. The molecule has 0 aliphatic heterocycles. The first-order valence-corrected chi connectivity index (χ1v) is 7.72. The van der Waals surface area contributed by atoms with E-state index in [0.717, 1.165) is 19.3 Å². The van der Waals surface area contributed by atoms with Crippen LogP contribution in [0, 0.1) is 22.0 Å². The Morgan fingerprint density at radius 1 is 1.38 bits per heavy atom. The molecule has 1 aliphatic rings. The molecule has 2 atom stereocenters. The van der Waals surface area contributed by atoms with Crippen molar-refractivity contribution in [1.82, 2.24) is 5.32 Å². The Morgan fingerprint density at radius 2 is 2.10 bits per heavy atom. The molecule has 5 nitrogen and oxygen atoms in total. The van der Waals surface area contributed by atoms with Crippen LogP contribution in [0.2, 0.25) is 5.02 Å². The van der Waals surface area contributed by atoms with Gasteiger partial charge in [-0.25, -0.2) is 0 Å². The number of hydrogen-bond acceptors (Lipinski definition) is 3. The normalized spacial score (nSPS) is 21.2. The Hall–Kier alpha value is -1.33. The first kappa shape index (κ1) is 16.0. The van der Waals surface area contributed by atoms with Crippen LogP contribution < -0.4 is 5.32 Å². The molecule has 0 bridgehead atoms. The minimum atomic E-state index is -0.599. The minimum absolute atomic E-state index is 0.0322. The second kappa shape index (κ2) is 7.09. The highest BCUT2D eigenvalue weighted by molar-refractivity contribution is 6.31. The Kier molecular flexibility index (Phi) is 5.42. The molecule has 0 saturated heterocycles. The molecule has 1 fully saturated rings. The van der Waals surface area contributed by atoms with Crippen LogP contribution >= 0.6 is 23.2 Å². The van der Waals surface area contributed by atoms with Gasteiger partial charge in [0, 0.05) is 23.5 Å². The van der Waals surface area contributed by atoms with Crippen LogP contribution in [-0.2, 0) is 0 Å². The molecule has 114 valence electrons. The number of nitro groups is 1. The van der Waals surface area contributed by atoms with Crippen molar-refractivity contribution >= 4 is 34.8 Å². The topological polar surface area (TPSA) is 72.2 Å². The smallest absolute Gasteiger partial charge is 0.283 e. The Morgan fingerprint density at radius 3 is 2.76 bits per heavy atom. The minimum Gasteiger partial charge on any atom is -0.352 e. The molecule has 1 aromatic carbocycles. The van der Waals surface area contributed by atoms with Gasteiger partial charge in [-0.1, -0.05) is 18.0 Å². The molecule has 2 rings (SSSR count). The maximum atomic E-state index is 12.1. The van der Waals surface area contributed by atoms with Gasteiger partial charge in [-0.3, -0.25) is 14.9 Å². The number of hydrogen-bond donors (Lipinski definition) is 1. The largest absolute Gasteiger partial charge is 0.352 e. The van der Waals surface area contributed by atoms with Gasteiger partial charge in [0.05, 0.1) is 4.92 Å². The summed E-state index contributed by atoms with van der Waals surface area (Å²) >= 11 is 11.6. The van der Waals surface area contributed by atoms with Gasteiger partial charge in [-0.05, 0) is 36.8 Å². The molecule has 2 unspecified atom stereocenters. The second-order valence-corrected chi connectivity index (χ2v) is 5.98. The van der Waals surface area contributed by atoms with Gasteiger partial charge in [0.1, 0.15) is 5.56 Å². The van der Waals surface area contributed by atoms with Crippen molar-refractivity contribution in [3.63, 3.8) is 0 Å². The SMILES string of the molecule is O=C(NCC1CCCC1CCl)c1ccc(Cl)cc1[N+](=O)[O-]. The van der Waals surface area contributed by atoms with Crippen molar-refractivity contribution < 1.29 is 9.72 Å². The van der Waals surface area contributed by atoms with E-state index in [0.29, 0.717) is 24.3 Å². The van der Waals surface area contributed by atoms with E-state index in [2.05, 4.69) is 5.32 Å². The third-order valence-corrected chi connectivity index (χ3v) is 4.57. The number of halogens is 2. The van der Waals surface area contributed by atoms with E-state index in [9.17, 15) is 14.9 Å². The van der Waals surface area contributed by atoms with Crippen LogP contribution in [0.25, 0.3) is 0 Å². The van der Waals surface area contributed by atoms with Gasteiger partial charge in [0.2, 0.25) is 0 Å². The fourth-order valence-corrected chi connectivity index (χ4v) is 3.32. The molecule has 7 heteroatoms. The Bertz CT molecular complexity index is 551. The first-order chi connectivity index (χ1) is 10.0. The van der Waals surface area contributed by atoms with E-state index in [1.807, 2.05) is 0 Å². The molecule has 21 heavy (non-hydrogen) atoms. The van der Waals surface area contributed by atoms with Crippen LogP contribution in [-0.4, -0.2) is 23.3 Å².